The zero-order valence-corrected chi connectivity index (χ0v) is 14.5. The minimum atomic E-state index is -0.590. The van der Waals surface area contributed by atoms with Crippen LogP contribution in [0.4, 0.5) is 0 Å². The highest BCUT2D eigenvalue weighted by atomic mass is 16.5. The molecule has 2 saturated heterocycles. The maximum absolute atomic E-state index is 13.3. The van der Waals surface area contributed by atoms with Crippen LogP contribution >= 0.6 is 0 Å². The van der Waals surface area contributed by atoms with Gasteiger partial charge in [-0.3, -0.25) is 9.59 Å². The molecule has 1 spiro atoms. The zero-order chi connectivity index (χ0) is 17.0. The summed E-state index contributed by atoms with van der Waals surface area (Å²) >= 11 is 0. The first-order chi connectivity index (χ1) is 12.2. The van der Waals surface area contributed by atoms with E-state index >= 15 is 0 Å². The number of ether oxygens (including phenoxy) is 1. The smallest absolute Gasteiger partial charge is 0.254 e. The van der Waals surface area contributed by atoms with Crippen LogP contribution in [0.1, 0.15) is 54.4 Å². The van der Waals surface area contributed by atoms with Gasteiger partial charge in [0.2, 0.25) is 5.91 Å². The third kappa shape index (κ3) is 2.28. The molecule has 3 heterocycles. The molecule has 132 valence electrons. The van der Waals surface area contributed by atoms with Crippen LogP contribution in [0.3, 0.4) is 0 Å². The summed E-state index contributed by atoms with van der Waals surface area (Å²) in [4.78, 5) is 30.5. The molecule has 1 atom stereocenters. The molecule has 1 aromatic carbocycles. The average molecular weight is 340 g/mol. The van der Waals surface area contributed by atoms with Gasteiger partial charge < -0.3 is 14.5 Å². The number of carbonyl (C=O) groups excluding carboxylic acids is 2. The first kappa shape index (κ1) is 15.2. The molecule has 5 nitrogen and oxygen atoms in total. The Morgan fingerprint density at radius 2 is 1.96 bits per heavy atom. The summed E-state index contributed by atoms with van der Waals surface area (Å²) in [6.07, 6.45) is 6.66. The maximum Gasteiger partial charge on any atom is 0.254 e. The Bertz CT molecular complexity index is 742. The number of rotatable bonds is 2. The summed E-state index contributed by atoms with van der Waals surface area (Å²) in [5.74, 6) is 1.11. The molecular formula is C20H24N2O3. The number of piperidine rings is 1. The number of hydrogen-bond donors (Lipinski definition) is 0. The minimum Gasteiger partial charge on any atom is -0.493 e. The number of fused-ring (bicyclic) bond motifs is 1. The fraction of sp³-hybridized carbons (Fsp3) is 0.600. The Morgan fingerprint density at radius 1 is 1.16 bits per heavy atom. The van der Waals surface area contributed by atoms with Crippen molar-refractivity contribution in [2.75, 3.05) is 19.7 Å². The molecule has 1 saturated carbocycles. The number of likely N-dealkylation sites (tertiary alicyclic amines) is 2. The molecule has 2 amide bonds. The van der Waals surface area contributed by atoms with E-state index in [2.05, 4.69) is 4.90 Å². The second-order valence-corrected chi connectivity index (χ2v) is 7.85. The normalized spacial score (nSPS) is 28.4. The van der Waals surface area contributed by atoms with Gasteiger partial charge in [-0.2, -0.15) is 0 Å². The second-order valence-electron chi connectivity index (χ2n) is 7.85. The van der Waals surface area contributed by atoms with E-state index in [0.29, 0.717) is 24.8 Å². The molecule has 0 bridgehead atoms. The van der Waals surface area contributed by atoms with E-state index in [1.54, 1.807) is 0 Å². The molecule has 3 fully saturated rings. The van der Waals surface area contributed by atoms with Crippen LogP contribution in [0.25, 0.3) is 0 Å². The van der Waals surface area contributed by atoms with Crippen LogP contribution in [0, 0.1) is 0 Å². The van der Waals surface area contributed by atoms with Gasteiger partial charge in [-0.1, -0.05) is 0 Å². The van der Waals surface area contributed by atoms with Crippen molar-refractivity contribution in [3.05, 3.63) is 29.3 Å². The lowest BCUT2D eigenvalue weighted by molar-refractivity contribution is -0.146. The van der Waals surface area contributed by atoms with Crippen molar-refractivity contribution in [3.63, 3.8) is 0 Å². The minimum absolute atomic E-state index is 0.0122. The maximum atomic E-state index is 13.3. The van der Waals surface area contributed by atoms with Crippen LogP contribution in [0.5, 0.6) is 5.75 Å². The van der Waals surface area contributed by atoms with Crippen molar-refractivity contribution in [3.8, 4) is 5.75 Å². The van der Waals surface area contributed by atoms with Gasteiger partial charge in [0.1, 0.15) is 11.3 Å². The van der Waals surface area contributed by atoms with E-state index in [9.17, 15) is 9.59 Å². The predicted molar refractivity (Wildman–Crippen MR) is 92.6 cm³/mol. The van der Waals surface area contributed by atoms with Crippen LogP contribution in [0.15, 0.2) is 18.2 Å². The van der Waals surface area contributed by atoms with Gasteiger partial charge >= 0.3 is 0 Å². The third-order valence-corrected chi connectivity index (χ3v) is 6.31. The molecular weight excluding hydrogens is 316 g/mol. The fourth-order valence-corrected chi connectivity index (χ4v) is 4.88. The van der Waals surface area contributed by atoms with Gasteiger partial charge in [-0.15, -0.1) is 0 Å². The van der Waals surface area contributed by atoms with Gasteiger partial charge in [0.05, 0.1) is 6.61 Å². The molecule has 3 aliphatic heterocycles. The predicted octanol–water partition coefficient (Wildman–Crippen LogP) is 2.38. The summed E-state index contributed by atoms with van der Waals surface area (Å²) in [6.45, 7) is 2.25. The molecule has 4 aliphatic rings. The van der Waals surface area contributed by atoms with Gasteiger partial charge in [-0.05, 0) is 62.3 Å². The number of carbonyl (C=O) groups is 2. The van der Waals surface area contributed by atoms with Crippen molar-refractivity contribution in [1.29, 1.82) is 0 Å². The topological polar surface area (TPSA) is 49.9 Å². The van der Waals surface area contributed by atoms with Gasteiger partial charge in [0, 0.05) is 31.1 Å². The van der Waals surface area contributed by atoms with Crippen molar-refractivity contribution < 1.29 is 14.3 Å². The Morgan fingerprint density at radius 3 is 2.76 bits per heavy atom. The molecule has 5 heteroatoms. The zero-order valence-electron chi connectivity index (χ0n) is 14.5. The van der Waals surface area contributed by atoms with Crippen molar-refractivity contribution in [1.82, 2.24) is 9.80 Å². The third-order valence-electron chi connectivity index (χ3n) is 6.31. The van der Waals surface area contributed by atoms with E-state index in [1.807, 2.05) is 23.1 Å². The van der Waals surface area contributed by atoms with Crippen LogP contribution in [-0.4, -0.2) is 52.9 Å². The van der Waals surface area contributed by atoms with Gasteiger partial charge in [-0.25, -0.2) is 0 Å². The molecule has 5 rings (SSSR count). The van der Waals surface area contributed by atoms with Crippen molar-refractivity contribution in [2.24, 2.45) is 0 Å². The van der Waals surface area contributed by atoms with Gasteiger partial charge in [0.25, 0.3) is 5.91 Å². The highest BCUT2D eigenvalue weighted by Crippen LogP contribution is 2.42. The van der Waals surface area contributed by atoms with Crippen LogP contribution in [-0.2, 0) is 11.2 Å². The first-order valence-electron chi connectivity index (χ1n) is 9.58. The highest BCUT2D eigenvalue weighted by Gasteiger charge is 2.54. The lowest BCUT2D eigenvalue weighted by atomic mass is 9.84. The highest BCUT2D eigenvalue weighted by molar-refractivity contribution is 6.00. The Labute approximate surface area is 147 Å². The lowest BCUT2D eigenvalue weighted by Crippen LogP contribution is -2.61. The lowest BCUT2D eigenvalue weighted by Gasteiger charge is -2.44. The molecule has 1 unspecified atom stereocenters. The second kappa shape index (κ2) is 5.48. The summed E-state index contributed by atoms with van der Waals surface area (Å²) in [6, 6.07) is 6.14. The van der Waals surface area contributed by atoms with Crippen molar-refractivity contribution in [2.45, 2.75) is 56.5 Å². The molecule has 0 aromatic heterocycles. The SMILES string of the molecule is O=C(c1ccc2c(c1)CCO2)N1CCCC12CCCN(C1CC1)C2=O. The monoisotopic (exact) mass is 340 g/mol. The number of hydrogen-bond acceptors (Lipinski definition) is 3. The Balaban J connectivity index is 1.46. The summed E-state index contributed by atoms with van der Waals surface area (Å²) in [5, 5.41) is 0. The average Bonchev–Trinajstić information content (AvgIpc) is 3.21. The number of benzene rings is 1. The van der Waals surface area contributed by atoms with Gasteiger partial charge in [0.15, 0.2) is 0 Å². The molecule has 0 N–H and O–H groups in total. The van der Waals surface area contributed by atoms with E-state index in [-0.39, 0.29) is 11.8 Å². The van der Waals surface area contributed by atoms with Crippen LogP contribution in [0.2, 0.25) is 0 Å². The largest absolute Gasteiger partial charge is 0.493 e. The summed E-state index contributed by atoms with van der Waals surface area (Å²) < 4.78 is 5.55. The number of nitrogens with zero attached hydrogens (tertiary/aromatic N) is 2. The van der Waals surface area contributed by atoms with E-state index in [4.69, 9.17) is 4.74 Å². The standard InChI is InChI=1S/C20H24N2O3/c23-18(15-3-6-17-14(13-15)7-12-25-17)22-11-2-9-20(22)8-1-10-21(19(20)24)16-4-5-16/h3,6,13,16H,1-2,4-5,7-12H2. The van der Waals surface area contributed by atoms with E-state index in [1.165, 1.54) is 0 Å². The Kier molecular flexibility index (Phi) is 3.34. The van der Waals surface area contributed by atoms with E-state index < -0.39 is 5.54 Å². The molecule has 1 aromatic rings. The van der Waals surface area contributed by atoms with E-state index in [0.717, 1.165) is 62.8 Å². The van der Waals surface area contributed by atoms with Crippen LogP contribution < -0.4 is 4.74 Å². The molecule has 25 heavy (non-hydrogen) atoms. The number of amides is 2. The molecule has 0 radical (unpaired) electrons. The first-order valence-corrected chi connectivity index (χ1v) is 9.58. The fourth-order valence-electron chi connectivity index (χ4n) is 4.88. The molecule has 1 aliphatic carbocycles. The summed E-state index contributed by atoms with van der Waals surface area (Å²) in [7, 11) is 0. The quantitative estimate of drug-likeness (QED) is 0.831. The summed E-state index contributed by atoms with van der Waals surface area (Å²) in [5.41, 5.74) is 1.21. The Hall–Kier alpha value is -2.04. The van der Waals surface area contributed by atoms with Crippen molar-refractivity contribution >= 4 is 11.8 Å².